The van der Waals surface area contributed by atoms with Crippen molar-refractivity contribution in [2.45, 2.75) is 6.54 Å². The number of aromatic nitrogens is 2. The molecule has 0 radical (unpaired) electrons. The third-order valence-electron chi connectivity index (χ3n) is 3.94. The van der Waals surface area contributed by atoms with E-state index in [1.807, 2.05) is 0 Å². The number of nitrogens with one attached hydrogen (secondary N) is 1. The van der Waals surface area contributed by atoms with Crippen LogP contribution >= 0.6 is 0 Å². The van der Waals surface area contributed by atoms with Gasteiger partial charge in [0.15, 0.2) is 11.5 Å². The van der Waals surface area contributed by atoms with Crippen molar-refractivity contribution in [3.05, 3.63) is 71.9 Å². The Balaban J connectivity index is 1.70. The van der Waals surface area contributed by atoms with Gasteiger partial charge < -0.3 is 14.8 Å². The molecule has 27 heavy (non-hydrogen) atoms. The number of amides is 1. The van der Waals surface area contributed by atoms with Crippen LogP contribution in [0.1, 0.15) is 16.1 Å². The number of rotatable bonds is 6. The first-order chi connectivity index (χ1) is 13.1. The minimum absolute atomic E-state index is 0.226. The average Bonchev–Trinajstić information content (AvgIpc) is 2.72. The Morgan fingerprint density at radius 3 is 2.44 bits per heavy atom. The molecule has 1 heterocycles. The average molecular weight is 367 g/mol. The topological polar surface area (TPSA) is 73.3 Å². The zero-order valence-corrected chi connectivity index (χ0v) is 14.9. The molecule has 1 N–H and O–H groups in total. The van der Waals surface area contributed by atoms with E-state index in [1.54, 1.807) is 36.4 Å². The first kappa shape index (κ1) is 18.3. The van der Waals surface area contributed by atoms with Gasteiger partial charge >= 0.3 is 0 Å². The zero-order chi connectivity index (χ0) is 19.2. The number of halogens is 1. The van der Waals surface area contributed by atoms with Gasteiger partial charge in [0.2, 0.25) is 0 Å². The second-order valence-corrected chi connectivity index (χ2v) is 5.65. The predicted octanol–water partition coefficient (Wildman–Crippen LogP) is 3.23. The van der Waals surface area contributed by atoms with Gasteiger partial charge in [-0.25, -0.2) is 14.4 Å². The highest BCUT2D eigenvalue weighted by Crippen LogP contribution is 2.27. The molecule has 0 bridgehead atoms. The fourth-order valence-electron chi connectivity index (χ4n) is 2.52. The van der Waals surface area contributed by atoms with Gasteiger partial charge in [0.25, 0.3) is 5.91 Å². The molecule has 0 fully saturated rings. The molecule has 7 heteroatoms. The van der Waals surface area contributed by atoms with Crippen molar-refractivity contribution in [1.29, 1.82) is 0 Å². The van der Waals surface area contributed by atoms with Crippen LogP contribution in [0.15, 0.2) is 54.9 Å². The van der Waals surface area contributed by atoms with Gasteiger partial charge in [-0.15, -0.1) is 0 Å². The molecule has 0 atom stereocenters. The van der Waals surface area contributed by atoms with Crippen LogP contribution in [0.3, 0.4) is 0 Å². The summed E-state index contributed by atoms with van der Waals surface area (Å²) in [4.78, 5) is 20.7. The lowest BCUT2D eigenvalue weighted by Crippen LogP contribution is -2.23. The van der Waals surface area contributed by atoms with Crippen molar-refractivity contribution in [2.75, 3.05) is 14.2 Å². The summed E-state index contributed by atoms with van der Waals surface area (Å²) in [6.45, 7) is 0.226. The maximum atomic E-state index is 13.1. The summed E-state index contributed by atoms with van der Waals surface area (Å²) < 4.78 is 23.4. The van der Waals surface area contributed by atoms with Crippen molar-refractivity contribution in [3.8, 4) is 22.8 Å². The summed E-state index contributed by atoms with van der Waals surface area (Å²) in [6.07, 6.45) is 1.41. The summed E-state index contributed by atoms with van der Waals surface area (Å²) in [5.74, 6) is 0.452. The Bertz CT molecular complexity index is 945. The van der Waals surface area contributed by atoms with Crippen LogP contribution in [-0.4, -0.2) is 30.1 Å². The highest BCUT2D eigenvalue weighted by molar-refractivity contribution is 5.94. The highest BCUT2D eigenvalue weighted by Gasteiger charge is 2.11. The van der Waals surface area contributed by atoms with E-state index >= 15 is 0 Å². The number of nitrogens with zero attached hydrogens (tertiary/aromatic N) is 2. The predicted molar refractivity (Wildman–Crippen MR) is 98.1 cm³/mol. The standard InChI is InChI=1S/C20H18FN3O3/c1-26-18-8-5-14(9-19(18)27-2)20(25)22-11-16-10-17(24-12-23-16)13-3-6-15(21)7-4-13/h3-10,12H,11H2,1-2H3,(H,22,25). The summed E-state index contributed by atoms with van der Waals surface area (Å²) in [5.41, 5.74) is 2.50. The number of methoxy groups -OCH3 is 2. The Labute approximate surface area is 156 Å². The molecule has 3 rings (SSSR count). The Morgan fingerprint density at radius 2 is 1.74 bits per heavy atom. The van der Waals surface area contributed by atoms with E-state index in [-0.39, 0.29) is 18.3 Å². The second kappa shape index (κ2) is 8.27. The van der Waals surface area contributed by atoms with E-state index in [9.17, 15) is 9.18 Å². The molecule has 3 aromatic rings. The van der Waals surface area contributed by atoms with Gasteiger partial charge in [0.05, 0.1) is 32.2 Å². The Morgan fingerprint density at radius 1 is 1.00 bits per heavy atom. The van der Waals surface area contributed by atoms with Gasteiger partial charge in [-0.3, -0.25) is 4.79 Å². The van der Waals surface area contributed by atoms with Crippen molar-refractivity contribution in [1.82, 2.24) is 15.3 Å². The van der Waals surface area contributed by atoms with Crippen LogP contribution in [0.25, 0.3) is 11.3 Å². The van der Waals surface area contributed by atoms with Gasteiger partial charge in [-0.05, 0) is 48.5 Å². The van der Waals surface area contributed by atoms with E-state index in [0.29, 0.717) is 28.5 Å². The van der Waals surface area contributed by atoms with Crippen molar-refractivity contribution < 1.29 is 18.7 Å². The first-order valence-corrected chi connectivity index (χ1v) is 8.18. The van der Waals surface area contributed by atoms with Gasteiger partial charge in [0, 0.05) is 11.1 Å². The van der Waals surface area contributed by atoms with Gasteiger partial charge in [-0.1, -0.05) is 0 Å². The molecular formula is C20H18FN3O3. The summed E-state index contributed by atoms with van der Waals surface area (Å²) >= 11 is 0. The quantitative estimate of drug-likeness (QED) is 0.724. The van der Waals surface area contributed by atoms with E-state index in [2.05, 4.69) is 15.3 Å². The molecule has 0 aliphatic heterocycles. The van der Waals surface area contributed by atoms with Crippen molar-refractivity contribution in [3.63, 3.8) is 0 Å². The number of ether oxygens (including phenoxy) is 2. The summed E-state index contributed by atoms with van der Waals surface area (Å²) in [6, 6.07) is 12.7. The summed E-state index contributed by atoms with van der Waals surface area (Å²) in [7, 11) is 3.04. The van der Waals surface area contributed by atoms with Crippen molar-refractivity contribution in [2.24, 2.45) is 0 Å². The molecule has 2 aromatic carbocycles. The maximum absolute atomic E-state index is 13.1. The second-order valence-electron chi connectivity index (χ2n) is 5.65. The lowest BCUT2D eigenvalue weighted by molar-refractivity contribution is 0.0950. The van der Waals surface area contributed by atoms with E-state index < -0.39 is 0 Å². The largest absolute Gasteiger partial charge is 0.493 e. The molecular weight excluding hydrogens is 349 g/mol. The van der Waals surface area contributed by atoms with Crippen LogP contribution in [-0.2, 0) is 6.54 Å². The van der Waals surface area contributed by atoms with E-state index in [1.165, 1.54) is 32.7 Å². The zero-order valence-electron chi connectivity index (χ0n) is 14.9. The molecule has 0 spiro atoms. The Hall–Kier alpha value is -3.48. The third kappa shape index (κ3) is 4.38. The molecule has 0 aliphatic carbocycles. The van der Waals surface area contributed by atoms with E-state index in [0.717, 1.165) is 5.56 Å². The molecule has 1 amide bonds. The normalized spacial score (nSPS) is 10.3. The molecule has 0 aliphatic rings. The number of carbonyl (C=O) groups excluding carboxylic acids is 1. The number of hydrogen-bond donors (Lipinski definition) is 1. The first-order valence-electron chi connectivity index (χ1n) is 8.18. The molecule has 138 valence electrons. The molecule has 0 saturated carbocycles. The SMILES string of the molecule is COc1ccc(C(=O)NCc2cc(-c3ccc(F)cc3)ncn2)cc1OC. The summed E-state index contributed by atoms with van der Waals surface area (Å²) in [5, 5.41) is 2.81. The fourth-order valence-corrected chi connectivity index (χ4v) is 2.52. The highest BCUT2D eigenvalue weighted by atomic mass is 19.1. The van der Waals surface area contributed by atoms with Crippen LogP contribution in [0.4, 0.5) is 4.39 Å². The van der Waals surface area contributed by atoms with Crippen LogP contribution in [0.2, 0.25) is 0 Å². The number of hydrogen-bond acceptors (Lipinski definition) is 5. The van der Waals surface area contributed by atoms with Crippen LogP contribution in [0, 0.1) is 5.82 Å². The minimum Gasteiger partial charge on any atom is -0.493 e. The minimum atomic E-state index is -0.310. The monoisotopic (exact) mass is 367 g/mol. The third-order valence-corrected chi connectivity index (χ3v) is 3.94. The lowest BCUT2D eigenvalue weighted by Gasteiger charge is -2.10. The molecule has 0 saturated heterocycles. The maximum Gasteiger partial charge on any atom is 0.251 e. The van der Waals surface area contributed by atoms with Crippen LogP contribution in [0.5, 0.6) is 11.5 Å². The Kier molecular flexibility index (Phi) is 5.61. The smallest absolute Gasteiger partial charge is 0.251 e. The molecule has 1 aromatic heterocycles. The van der Waals surface area contributed by atoms with Crippen molar-refractivity contribution >= 4 is 5.91 Å². The number of benzene rings is 2. The lowest BCUT2D eigenvalue weighted by atomic mass is 10.1. The van der Waals surface area contributed by atoms with E-state index in [4.69, 9.17) is 9.47 Å². The number of carbonyl (C=O) groups is 1. The molecule has 6 nitrogen and oxygen atoms in total. The van der Waals surface area contributed by atoms with Crippen LogP contribution < -0.4 is 14.8 Å². The van der Waals surface area contributed by atoms with Gasteiger partial charge in [-0.2, -0.15) is 0 Å². The fraction of sp³-hybridized carbons (Fsp3) is 0.150. The molecule has 0 unspecified atom stereocenters. The van der Waals surface area contributed by atoms with Gasteiger partial charge in [0.1, 0.15) is 12.1 Å².